The minimum absolute atomic E-state index is 0.00798. The van der Waals surface area contributed by atoms with Crippen LogP contribution in [-0.4, -0.2) is 96.0 Å². The first-order valence-electron chi connectivity index (χ1n) is 17.3. The summed E-state index contributed by atoms with van der Waals surface area (Å²) in [5, 5.41) is 15.6. The van der Waals surface area contributed by atoms with Crippen LogP contribution >= 0.6 is 0 Å². The number of allylic oxidation sites excluding steroid dienone is 1. The van der Waals surface area contributed by atoms with Gasteiger partial charge >= 0.3 is 6.09 Å². The summed E-state index contributed by atoms with van der Waals surface area (Å²) in [6.07, 6.45) is 4.49. The Bertz CT molecular complexity index is 1910. The summed E-state index contributed by atoms with van der Waals surface area (Å²) in [5.74, 6) is -3.87. The number of carboxylic acid groups (broad SMARTS) is 1. The number of hydrogen-bond acceptors (Lipinski definition) is 9. The van der Waals surface area contributed by atoms with Gasteiger partial charge in [-0.05, 0) is 62.5 Å². The lowest BCUT2D eigenvalue weighted by Crippen LogP contribution is -2.59. The maximum atomic E-state index is 14.6. The minimum Gasteiger partial charge on any atom is -0.496 e. The second-order valence-electron chi connectivity index (χ2n) is 14.6. The molecule has 7 atom stereocenters. The molecule has 1 saturated heterocycles. The zero-order chi connectivity index (χ0) is 37.6. The van der Waals surface area contributed by atoms with Gasteiger partial charge < -0.3 is 30.1 Å². The number of carbonyl (C=O) groups excluding carboxylic acids is 3. The van der Waals surface area contributed by atoms with Gasteiger partial charge in [-0.2, -0.15) is 0 Å². The molecule has 2 saturated carbocycles. The van der Waals surface area contributed by atoms with Gasteiger partial charge in [-0.3, -0.25) is 19.1 Å². The van der Waals surface area contributed by atoms with E-state index in [0.717, 1.165) is 0 Å². The van der Waals surface area contributed by atoms with E-state index < -0.39 is 86.6 Å². The molecule has 17 heteroatoms. The third-order valence-corrected chi connectivity index (χ3v) is 12.9. The average molecular weight is 748 g/mol. The summed E-state index contributed by atoms with van der Waals surface area (Å²) in [6, 6.07) is 1.51. The van der Waals surface area contributed by atoms with E-state index in [9.17, 15) is 41.5 Å². The number of carbonyl (C=O) groups is 4. The Kier molecular flexibility index (Phi) is 10.1. The van der Waals surface area contributed by atoms with Crippen molar-refractivity contribution in [3.05, 3.63) is 42.4 Å². The lowest BCUT2D eigenvalue weighted by molar-refractivity contribution is -0.142. The molecule has 1 aromatic heterocycles. The van der Waals surface area contributed by atoms with Crippen LogP contribution in [0.1, 0.15) is 58.8 Å². The highest BCUT2D eigenvalue weighted by atomic mass is 32.2. The van der Waals surface area contributed by atoms with Gasteiger partial charge in [0, 0.05) is 30.0 Å². The van der Waals surface area contributed by atoms with E-state index in [0.29, 0.717) is 24.6 Å². The molecule has 4 N–H and O–H groups in total. The number of hydrogen-bond donors (Lipinski definition) is 4. The number of aromatic nitrogens is 1. The predicted molar refractivity (Wildman–Crippen MR) is 183 cm³/mol. The molecular formula is C35H43F2N5O9S. The van der Waals surface area contributed by atoms with Crippen molar-refractivity contribution >= 4 is 44.6 Å². The number of pyridine rings is 1. The lowest BCUT2D eigenvalue weighted by Gasteiger charge is -2.32. The number of nitrogens with one attached hydrogen (secondary N) is 3. The number of fused-ring (bicyclic) bond motifs is 3. The maximum Gasteiger partial charge on any atom is 0.405 e. The second-order valence-corrected chi connectivity index (χ2v) is 16.7. The summed E-state index contributed by atoms with van der Waals surface area (Å²) in [4.78, 5) is 59.8. The number of nitrogens with zero attached hydrogens (tertiary/aromatic N) is 2. The topological polar surface area (TPSA) is 193 Å². The van der Waals surface area contributed by atoms with Crippen molar-refractivity contribution in [1.29, 1.82) is 0 Å². The Morgan fingerprint density at radius 3 is 2.60 bits per heavy atom. The van der Waals surface area contributed by atoms with Crippen LogP contribution < -0.4 is 24.8 Å². The smallest absolute Gasteiger partial charge is 0.405 e. The van der Waals surface area contributed by atoms with Crippen LogP contribution in [0.5, 0.6) is 11.6 Å². The minimum atomic E-state index is -4.41. The summed E-state index contributed by atoms with van der Waals surface area (Å²) < 4.78 is 66.3. The van der Waals surface area contributed by atoms with Crippen molar-refractivity contribution in [1.82, 2.24) is 25.2 Å². The first-order valence-corrected chi connectivity index (χ1v) is 18.8. The lowest BCUT2D eigenvalue weighted by atomic mass is 9.88. The van der Waals surface area contributed by atoms with Crippen LogP contribution in [-0.2, 0) is 24.4 Å². The van der Waals surface area contributed by atoms with Crippen LogP contribution in [0.2, 0.25) is 0 Å². The average Bonchev–Trinajstić information content (AvgIpc) is 3.99. The number of rotatable bonds is 8. The van der Waals surface area contributed by atoms with E-state index in [4.69, 9.17) is 9.47 Å². The SMILES string of the molecule is COc1cc(F)cc2c(O[C@@H]3C[C@H]4C(=O)N[C@]5(C(=O)NS(=O)(=O)C6(CF)CC6)C[C@H]5/C=C\CC[C@H](C)C[C@@H](C)[C@H](NC(=O)O)C(=O)N4C3)nccc12. The van der Waals surface area contributed by atoms with Crippen molar-refractivity contribution in [2.45, 2.75) is 87.3 Å². The van der Waals surface area contributed by atoms with E-state index in [1.165, 1.54) is 30.3 Å². The molecule has 282 valence electrons. The molecule has 6 rings (SSSR count). The molecule has 4 amide bonds. The monoisotopic (exact) mass is 747 g/mol. The van der Waals surface area contributed by atoms with Crippen molar-refractivity contribution in [3.8, 4) is 11.6 Å². The van der Waals surface area contributed by atoms with Gasteiger partial charge in [-0.1, -0.05) is 26.0 Å². The van der Waals surface area contributed by atoms with Crippen LogP contribution in [0.25, 0.3) is 10.8 Å². The summed E-state index contributed by atoms with van der Waals surface area (Å²) in [5.41, 5.74) is -1.70. The number of halogens is 2. The largest absolute Gasteiger partial charge is 0.496 e. The molecule has 3 fully saturated rings. The standard InChI is InChI=1S/C35H43F2N5O9S/c1-19-6-4-5-7-21-16-35(21,32(45)41-52(48,49)34(18-36)9-10-34)40-29(43)26-15-23(17-42(26)31(44)28(20(2)12-19)39-33(46)47)51-30-25-13-22(37)14-27(50-3)24(25)8-11-38-30/h5,7-8,11,13-14,19-21,23,26,28,39H,4,6,9-10,12,15-18H2,1-3H3,(H,40,43)(H,41,45)(H,46,47)/b7-5-/t19-,20+,21+,23+,26-,28-,35+/m0/s1. The van der Waals surface area contributed by atoms with Crippen LogP contribution in [0.3, 0.4) is 0 Å². The van der Waals surface area contributed by atoms with Crippen molar-refractivity contribution < 1.29 is 51.0 Å². The number of alkyl halides is 1. The number of benzene rings is 1. The fourth-order valence-electron chi connectivity index (χ4n) is 7.50. The van der Waals surface area contributed by atoms with Crippen LogP contribution in [0.15, 0.2) is 36.5 Å². The Labute approximate surface area is 299 Å². The molecule has 0 bridgehead atoms. The molecule has 2 aromatic rings. The number of sulfonamides is 1. The Balaban J connectivity index is 1.35. The molecular weight excluding hydrogens is 704 g/mol. The molecule has 14 nitrogen and oxygen atoms in total. The number of ether oxygens (including phenoxy) is 2. The quantitative estimate of drug-likeness (QED) is 0.292. The summed E-state index contributed by atoms with van der Waals surface area (Å²) in [7, 11) is -3.02. The Morgan fingerprint density at radius 1 is 1.17 bits per heavy atom. The molecule has 4 aliphatic rings. The molecule has 52 heavy (non-hydrogen) atoms. The van der Waals surface area contributed by atoms with Gasteiger partial charge in [0.2, 0.25) is 27.7 Å². The molecule has 0 unspecified atom stereocenters. The first kappa shape index (κ1) is 37.2. The fraction of sp³-hybridized carbons (Fsp3) is 0.571. The van der Waals surface area contributed by atoms with Gasteiger partial charge in [-0.25, -0.2) is 27.0 Å². The van der Waals surface area contributed by atoms with Gasteiger partial charge in [-0.15, -0.1) is 0 Å². The fourth-order valence-corrected chi connectivity index (χ4v) is 8.92. The highest BCUT2D eigenvalue weighted by molar-refractivity contribution is 7.91. The van der Waals surface area contributed by atoms with Crippen molar-refractivity contribution in [2.24, 2.45) is 17.8 Å². The normalized spacial score (nSPS) is 30.8. The van der Waals surface area contributed by atoms with Gasteiger partial charge in [0.25, 0.3) is 5.91 Å². The Hall–Kier alpha value is -4.54. The summed E-state index contributed by atoms with van der Waals surface area (Å²) >= 11 is 0. The molecule has 2 aliphatic heterocycles. The van der Waals surface area contributed by atoms with Gasteiger partial charge in [0.05, 0.1) is 19.0 Å². The van der Waals surface area contributed by atoms with Crippen molar-refractivity contribution in [2.75, 3.05) is 20.3 Å². The van der Waals surface area contributed by atoms with Gasteiger partial charge in [0.15, 0.2) is 0 Å². The maximum absolute atomic E-state index is 14.6. The van der Waals surface area contributed by atoms with Crippen LogP contribution in [0.4, 0.5) is 13.6 Å². The predicted octanol–water partition coefficient (Wildman–Crippen LogP) is 3.20. The zero-order valence-electron chi connectivity index (χ0n) is 29.1. The Morgan fingerprint density at radius 2 is 1.92 bits per heavy atom. The third kappa shape index (κ3) is 7.11. The molecule has 0 spiro atoms. The summed E-state index contributed by atoms with van der Waals surface area (Å²) in [6.45, 7) is 2.37. The molecule has 1 aromatic carbocycles. The zero-order valence-corrected chi connectivity index (χ0v) is 29.9. The van der Waals surface area contributed by atoms with E-state index in [1.807, 2.05) is 17.7 Å². The first-order chi connectivity index (χ1) is 24.6. The highest BCUT2D eigenvalue weighted by Crippen LogP contribution is 2.48. The van der Waals surface area contributed by atoms with E-state index in [2.05, 4.69) is 15.6 Å². The number of amides is 4. The highest BCUT2D eigenvalue weighted by Gasteiger charge is 2.64. The molecule has 3 heterocycles. The molecule has 2 aliphatic carbocycles. The second kappa shape index (κ2) is 14.1. The van der Waals surface area contributed by atoms with E-state index >= 15 is 0 Å². The van der Waals surface area contributed by atoms with E-state index in [-0.39, 0.29) is 55.2 Å². The number of methoxy groups -OCH3 is 1. The molecule has 0 radical (unpaired) electrons. The third-order valence-electron chi connectivity index (χ3n) is 10.8. The van der Waals surface area contributed by atoms with Gasteiger partial charge in [0.1, 0.15) is 46.7 Å². The van der Waals surface area contributed by atoms with Crippen LogP contribution in [0, 0.1) is 23.6 Å². The van der Waals surface area contributed by atoms with Crippen molar-refractivity contribution in [3.63, 3.8) is 0 Å². The van der Waals surface area contributed by atoms with E-state index in [1.54, 1.807) is 19.1 Å².